The Hall–Kier alpha value is -1.79. The van der Waals surface area contributed by atoms with Crippen molar-refractivity contribution in [2.75, 3.05) is 6.54 Å². The molecular weight excluding hydrogens is 322 g/mol. The van der Waals surface area contributed by atoms with Crippen LogP contribution in [0.2, 0.25) is 5.02 Å². The van der Waals surface area contributed by atoms with Crippen molar-refractivity contribution >= 4 is 34.8 Å². The summed E-state index contributed by atoms with van der Waals surface area (Å²) in [5.41, 5.74) is 6.83. The maximum atomic E-state index is 12.0. The van der Waals surface area contributed by atoms with E-state index in [4.69, 9.17) is 28.6 Å². The Labute approximate surface area is 141 Å². The van der Waals surface area contributed by atoms with Gasteiger partial charge in [0.2, 0.25) is 0 Å². The summed E-state index contributed by atoms with van der Waals surface area (Å²) in [6.45, 7) is 9.49. The molecule has 0 radical (unpaired) electrons. The van der Waals surface area contributed by atoms with Gasteiger partial charge in [-0.1, -0.05) is 17.7 Å². The quantitative estimate of drug-likeness (QED) is 0.436. The Morgan fingerprint density at radius 2 is 2.00 bits per heavy atom. The normalized spacial score (nSPS) is 11.3. The molecule has 0 fully saturated rings. The molecule has 0 aliphatic heterocycles. The Morgan fingerprint density at radius 1 is 1.41 bits per heavy atom. The summed E-state index contributed by atoms with van der Waals surface area (Å²) < 4.78 is 5.72. The second-order valence-corrected chi connectivity index (χ2v) is 5.59. The highest BCUT2D eigenvalue weighted by Gasteiger charge is 2.17. The second kappa shape index (κ2) is 8.60. The molecule has 5 nitrogen and oxygen atoms in total. The monoisotopic (exact) mass is 341 g/mol. The fourth-order valence-corrected chi connectivity index (χ4v) is 2.20. The molecule has 0 aliphatic rings. The van der Waals surface area contributed by atoms with E-state index in [9.17, 15) is 4.79 Å². The Bertz CT molecular complexity index is 555. The molecular formula is C15H20ClN3O2S. The van der Waals surface area contributed by atoms with Crippen molar-refractivity contribution < 1.29 is 9.53 Å². The van der Waals surface area contributed by atoms with Crippen LogP contribution in [0, 0.1) is 13.8 Å². The van der Waals surface area contributed by atoms with Crippen LogP contribution >= 0.6 is 23.8 Å². The number of rotatable bonds is 5. The lowest BCUT2D eigenvalue weighted by atomic mass is 10.1. The molecule has 0 saturated carbocycles. The van der Waals surface area contributed by atoms with Crippen LogP contribution < -0.4 is 20.9 Å². The molecule has 3 N–H and O–H groups in total. The SMILES string of the molecule is C=CCNC(=S)NNC(=O)[C@@H](C)Oc1c(C)cc(Cl)cc1C. The summed E-state index contributed by atoms with van der Waals surface area (Å²) in [4.78, 5) is 12.0. The summed E-state index contributed by atoms with van der Waals surface area (Å²) >= 11 is 10.9. The molecule has 1 rings (SSSR count). The van der Waals surface area contributed by atoms with Crippen LogP contribution in [-0.2, 0) is 4.79 Å². The van der Waals surface area contributed by atoms with Gasteiger partial charge in [-0.25, -0.2) is 0 Å². The van der Waals surface area contributed by atoms with Gasteiger partial charge < -0.3 is 10.1 Å². The zero-order valence-corrected chi connectivity index (χ0v) is 14.4. The molecule has 0 saturated heterocycles. The van der Waals surface area contributed by atoms with Gasteiger partial charge in [-0.2, -0.15) is 0 Å². The number of benzene rings is 1. The third kappa shape index (κ3) is 5.54. The minimum absolute atomic E-state index is 0.305. The van der Waals surface area contributed by atoms with Crippen molar-refractivity contribution in [3.63, 3.8) is 0 Å². The number of hydrazine groups is 1. The van der Waals surface area contributed by atoms with E-state index in [1.165, 1.54) is 0 Å². The summed E-state index contributed by atoms with van der Waals surface area (Å²) in [7, 11) is 0. The fraction of sp³-hybridized carbons (Fsp3) is 0.333. The zero-order chi connectivity index (χ0) is 16.7. The van der Waals surface area contributed by atoms with E-state index >= 15 is 0 Å². The number of hydrogen-bond donors (Lipinski definition) is 3. The van der Waals surface area contributed by atoms with Gasteiger partial charge in [0.05, 0.1) is 0 Å². The van der Waals surface area contributed by atoms with Gasteiger partial charge >= 0.3 is 0 Å². The number of amides is 1. The summed E-state index contributed by atoms with van der Waals surface area (Å²) in [6.07, 6.45) is 0.974. The smallest absolute Gasteiger partial charge is 0.279 e. The van der Waals surface area contributed by atoms with Gasteiger partial charge in [-0.3, -0.25) is 15.6 Å². The number of carbonyl (C=O) groups excluding carboxylic acids is 1. The standard InChI is InChI=1S/C15H20ClN3O2S/c1-5-6-17-15(22)19-18-14(20)11(4)21-13-9(2)7-12(16)8-10(13)3/h5,7-8,11H,1,6H2,2-4H3,(H,18,20)(H2,17,19,22)/t11-/m1/s1. The molecule has 0 aliphatic carbocycles. The first-order valence-corrected chi connectivity index (χ1v) is 7.51. The summed E-state index contributed by atoms with van der Waals surface area (Å²) in [5.74, 6) is 0.316. The number of carbonyl (C=O) groups is 1. The van der Waals surface area contributed by atoms with Crippen molar-refractivity contribution in [2.24, 2.45) is 0 Å². The highest BCUT2D eigenvalue weighted by Crippen LogP contribution is 2.27. The van der Waals surface area contributed by atoms with Crippen molar-refractivity contribution in [3.05, 3.63) is 40.9 Å². The van der Waals surface area contributed by atoms with Crippen LogP contribution in [0.15, 0.2) is 24.8 Å². The first-order valence-electron chi connectivity index (χ1n) is 6.73. The van der Waals surface area contributed by atoms with Crippen molar-refractivity contribution in [1.82, 2.24) is 16.2 Å². The topological polar surface area (TPSA) is 62.4 Å². The third-order valence-corrected chi connectivity index (χ3v) is 3.26. The lowest BCUT2D eigenvalue weighted by molar-refractivity contribution is -0.127. The highest BCUT2D eigenvalue weighted by molar-refractivity contribution is 7.80. The van der Waals surface area contributed by atoms with Crippen LogP contribution in [0.3, 0.4) is 0 Å². The van der Waals surface area contributed by atoms with Crippen LogP contribution in [-0.4, -0.2) is 23.7 Å². The number of ether oxygens (including phenoxy) is 1. The molecule has 1 aromatic rings. The van der Waals surface area contributed by atoms with E-state index in [-0.39, 0.29) is 5.91 Å². The van der Waals surface area contributed by atoms with Crippen LogP contribution in [0.1, 0.15) is 18.1 Å². The fourth-order valence-electron chi connectivity index (χ4n) is 1.74. The maximum Gasteiger partial charge on any atom is 0.279 e. The third-order valence-electron chi connectivity index (χ3n) is 2.80. The van der Waals surface area contributed by atoms with Crippen LogP contribution in [0.4, 0.5) is 0 Å². The van der Waals surface area contributed by atoms with Gasteiger partial charge in [0.15, 0.2) is 11.2 Å². The first-order chi connectivity index (χ1) is 10.3. The average Bonchev–Trinajstić information content (AvgIpc) is 2.45. The zero-order valence-electron chi connectivity index (χ0n) is 12.8. The minimum Gasteiger partial charge on any atom is -0.480 e. The van der Waals surface area contributed by atoms with E-state index in [0.29, 0.717) is 22.4 Å². The lowest BCUT2D eigenvalue weighted by Gasteiger charge is -2.19. The Kier molecular flexibility index (Phi) is 7.14. The van der Waals surface area contributed by atoms with Crippen LogP contribution in [0.25, 0.3) is 0 Å². The van der Waals surface area contributed by atoms with Crippen molar-refractivity contribution in [3.8, 4) is 5.75 Å². The van der Waals surface area contributed by atoms with Crippen LogP contribution in [0.5, 0.6) is 5.75 Å². The largest absolute Gasteiger partial charge is 0.480 e. The number of thiocarbonyl (C=S) groups is 1. The van der Waals surface area contributed by atoms with Gasteiger partial charge in [0, 0.05) is 11.6 Å². The van der Waals surface area contributed by atoms with E-state index < -0.39 is 6.10 Å². The van der Waals surface area contributed by atoms with E-state index in [0.717, 1.165) is 11.1 Å². The molecule has 0 heterocycles. The number of hydrogen-bond acceptors (Lipinski definition) is 3. The van der Waals surface area contributed by atoms with Gasteiger partial charge in [0.1, 0.15) is 5.75 Å². The summed E-state index contributed by atoms with van der Waals surface area (Å²) in [6, 6.07) is 3.59. The molecule has 0 aromatic heterocycles. The van der Waals surface area contributed by atoms with Crippen molar-refractivity contribution in [2.45, 2.75) is 26.9 Å². The minimum atomic E-state index is -0.687. The first kappa shape index (κ1) is 18.3. The van der Waals surface area contributed by atoms with E-state index in [1.54, 1.807) is 25.1 Å². The molecule has 1 atom stereocenters. The van der Waals surface area contributed by atoms with E-state index in [1.807, 2.05) is 13.8 Å². The molecule has 0 unspecified atom stereocenters. The number of halogens is 1. The highest BCUT2D eigenvalue weighted by atomic mass is 35.5. The lowest BCUT2D eigenvalue weighted by Crippen LogP contribution is -2.50. The van der Waals surface area contributed by atoms with Gasteiger partial charge in [-0.15, -0.1) is 6.58 Å². The molecule has 22 heavy (non-hydrogen) atoms. The summed E-state index contributed by atoms with van der Waals surface area (Å²) in [5, 5.41) is 3.78. The number of nitrogens with one attached hydrogen (secondary N) is 3. The molecule has 1 amide bonds. The predicted octanol–water partition coefficient (Wildman–Crippen LogP) is 2.41. The second-order valence-electron chi connectivity index (χ2n) is 4.74. The Balaban J connectivity index is 2.58. The van der Waals surface area contributed by atoms with E-state index in [2.05, 4.69) is 22.7 Å². The maximum absolute atomic E-state index is 12.0. The molecule has 1 aromatic carbocycles. The average molecular weight is 342 g/mol. The van der Waals surface area contributed by atoms with Crippen molar-refractivity contribution in [1.29, 1.82) is 0 Å². The predicted molar refractivity (Wildman–Crippen MR) is 93.1 cm³/mol. The van der Waals surface area contributed by atoms with Gasteiger partial charge in [0.25, 0.3) is 5.91 Å². The molecule has 0 spiro atoms. The molecule has 7 heteroatoms. The Morgan fingerprint density at radius 3 is 2.55 bits per heavy atom. The molecule has 0 bridgehead atoms. The number of aryl methyl sites for hydroxylation is 2. The van der Waals surface area contributed by atoms with Gasteiger partial charge in [-0.05, 0) is 56.2 Å². The molecule has 120 valence electrons.